The molecule has 172 valence electrons. The second-order valence-corrected chi connectivity index (χ2v) is 9.36. The van der Waals surface area contributed by atoms with Crippen LogP contribution in [0.15, 0.2) is 91.0 Å². The Labute approximate surface area is 199 Å². The Kier molecular flexibility index (Phi) is 8.32. The van der Waals surface area contributed by atoms with Crippen LogP contribution in [0.5, 0.6) is 0 Å². The van der Waals surface area contributed by atoms with Crippen molar-refractivity contribution in [3.63, 3.8) is 0 Å². The van der Waals surface area contributed by atoms with Crippen molar-refractivity contribution < 1.29 is 4.79 Å². The van der Waals surface area contributed by atoms with Crippen LogP contribution in [-0.4, -0.2) is 48.9 Å². The van der Waals surface area contributed by atoms with Crippen LogP contribution in [0.1, 0.15) is 47.8 Å². The SMILES string of the molecule is CN(C[C@H](CCN1CCC(c2ccccc2)CC1)c1ccccc1)C(=O)Cc1ccccc1. The molecule has 1 fully saturated rings. The summed E-state index contributed by atoms with van der Waals surface area (Å²) in [5.74, 6) is 1.22. The van der Waals surface area contributed by atoms with Crippen LogP contribution in [0, 0.1) is 0 Å². The summed E-state index contributed by atoms with van der Waals surface area (Å²) in [6.45, 7) is 4.16. The average Bonchev–Trinajstić information content (AvgIpc) is 2.88. The maximum absolute atomic E-state index is 12.9. The quantitative estimate of drug-likeness (QED) is 0.423. The lowest BCUT2D eigenvalue weighted by Crippen LogP contribution is -2.36. The molecule has 0 radical (unpaired) electrons. The molecule has 0 aliphatic carbocycles. The first-order valence-corrected chi connectivity index (χ1v) is 12.3. The Morgan fingerprint density at radius 1 is 0.879 bits per heavy atom. The van der Waals surface area contributed by atoms with Gasteiger partial charge in [-0.2, -0.15) is 0 Å². The number of hydrogen-bond acceptors (Lipinski definition) is 2. The molecule has 3 aromatic carbocycles. The molecule has 4 rings (SSSR count). The van der Waals surface area contributed by atoms with Gasteiger partial charge in [-0.25, -0.2) is 0 Å². The molecule has 33 heavy (non-hydrogen) atoms. The van der Waals surface area contributed by atoms with Crippen LogP contribution in [-0.2, 0) is 11.2 Å². The van der Waals surface area contributed by atoms with E-state index in [-0.39, 0.29) is 5.91 Å². The fraction of sp³-hybridized carbons (Fsp3) is 0.367. The number of hydrogen-bond donors (Lipinski definition) is 0. The zero-order chi connectivity index (χ0) is 22.9. The largest absolute Gasteiger partial charge is 0.345 e. The maximum Gasteiger partial charge on any atom is 0.226 e. The van der Waals surface area contributed by atoms with E-state index in [0.29, 0.717) is 18.3 Å². The zero-order valence-corrected chi connectivity index (χ0v) is 19.8. The molecule has 1 heterocycles. The molecule has 0 spiro atoms. The minimum Gasteiger partial charge on any atom is -0.345 e. The third-order valence-electron chi connectivity index (χ3n) is 7.04. The Hall–Kier alpha value is -2.91. The number of rotatable bonds is 9. The first-order chi connectivity index (χ1) is 16.2. The van der Waals surface area contributed by atoms with Crippen molar-refractivity contribution >= 4 is 5.91 Å². The minimum absolute atomic E-state index is 0.186. The number of piperidine rings is 1. The molecule has 1 atom stereocenters. The van der Waals surface area contributed by atoms with Crippen LogP contribution in [0.4, 0.5) is 0 Å². The standard InChI is InChI=1S/C30H36N2O/c1-31(30(33)23-25-11-5-2-6-12-25)24-29(27-15-9-4-10-16-27)19-22-32-20-17-28(18-21-32)26-13-7-3-8-14-26/h2-16,28-29H,17-24H2,1H3/t29-/m0/s1. The summed E-state index contributed by atoms with van der Waals surface area (Å²) in [7, 11) is 1.95. The highest BCUT2D eigenvalue weighted by molar-refractivity contribution is 5.78. The van der Waals surface area contributed by atoms with E-state index in [0.717, 1.165) is 38.2 Å². The fourth-order valence-electron chi connectivity index (χ4n) is 4.98. The Morgan fingerprint density at radius 2 is 1.45 bits per heavy atom. The second kappa shape index (κ2) is 11.8. The molecule has 0 unspecified atom stereocenters. The van der Waals surface area contributed by atoms with Crippen molar-refractivity contribution in [3.05, 3.63) is 108 Å². The van der Waals surface area contributed by atoms with Crippen molar-refractivity contribution in [1.82, 2.24) is 9.80 Å². The Balaban J connectivity index is 1.32. The number of amides is 1. The summed E-state index contributed by atoms with van der Waals surface area (Å²) < 4.78 is 0. The summed E-state index contributed by atoms with van der Waals surface area (Å²) in [5, 5.41) is 0. The minimum atomic E-state index is 0.186. The van der Waals surface area contributed by atoms with E-state index in [4.69, 9.17) is 0 Å². The lowest BCUT2D eigenvalue weighted by Gasteiger charge is -2.33. The number of likely N-dealkylation sites (N-methyl/N-ethyl adjacent to an activating group) is 1. The number of likely N-dealkylation sites (tertiary alicyclic amines) is 1. The summed E-state index contributed by atoms with van der Waals surface area (Å²) in [6.07, 6.45) is 4.00. The molecule has 3 heteroatoms. The molecule has 0 bridgehead atoms. The van der Waals surface area contributed by atoms with Gasteiger partial charge in [0, 0.05) is 19.5 Å². The van der Waals surface area contributed by atoms with Gasteiger partial charge in [-0.15, -0.1) is 0 Å². The summed E-state index contributed by atoms with van der Waals surface area (Å²) in [4.78, 5) is 17.4. The van der Waals surface area contributed by atoms with E-state index in [9.17, 15) is 4.79 Å². The Bertz CT molecular complexity index is 966. The van der Waals surface area contributed by atoms with E-state index in [1.165, 1.54) is 24.0 Å². The van der Waals surface area contributed by atoms with Crippen LogP contribution in [0.25, 0.3) is 0 Å². The lowest BCUT2D eigenvalue weighted by molar-refractivity contribution is -0.129. The van der Waals surface area contributed by atoms with Gasteiger partial charge in [0.25, 0.3) is 0 Å². The van der Waals surface area contributed by atoms with Crippen molar-refractivity contribution in [3.8, 4) is 0 Å². The van der Waals surface area contributed by atoms with Crippen LogP contribution < -0.4 is 0 Å². The van der Waals surface area contributed by atoms with Crippen LogP contribution >= 0.6 is 0 Å². The third kappa shape index (κ3) is 6.79. The van der Waals surface area contributed by atoms with Gasteiger partial charge in [0.1, 0.15) is 0 Å². The molecule has 1 amide bonds. The van der Waals surface area contributed by atoms with E-state index in [1.807, 2.05) is 42.3 Å². The maximum atomic E-state index is 12.9. The molecule has 1 saturated heterocycles. The normalized spacial score (nSPS) is 15.8. The summed E-state index contributed by atoms with van der Waals surface area (Å²) >= 11 is 0. The highest BCUT2D eigenvalue weighted by Crippen LogP contribution is 2.29. The van der Waals surface area contributed by atoms with Gasteiger partial charge in [0.2, 0.25) is 5.91 Å². The van der Waals surface area contributed by atoms with Gasteiger partial charge >= 0.3 is 0 Å². The van der Waals surface area contributed by atoms with Gasteiger partial charge in [-0.05, 0) is 61.5 Å². The fourth-order valence-corrected chi connectivity index (χ4v) is 4.98. The number of nitrogens with zero attached hydrogens (tertiary/aromatic N) is 2. The van der Waals surface area contributed by atoms with E-state index < -0.39 is 0 Å². The molecular weight excluding hydrogens is 404 g/mol. The summed E-state index contributed by atoms with van der Waals surface area (Å²) in [5.41, 5.74) is 3.89. The van der Waals surface area contributed by atoms with Crippen molar-refractivity contribution in [2.24, 2.45) is 0 Å². The smallest absolute Gasteiger partial charge is 0.226 e. The first kappa shape index (κ1) is 23.3. The van der Waals surface area contributed by atoms with Gasteiger partial charge in [-0.3, -0.25) is 4.79 Å². The molecule has 3 nitrogen and oxygen atoms in total. The van der Waals surface area contributed by atoms with Gasteiger partial charge in [0.05, 0.1) is 6.42 Å². The number of carbonyl (C=O) groups excluding carboxylic acids is 1. The van der Waals surface area contributed by atoms with Crippen molar-refractivity contribution in [2.45, 2.75) is 37.5 Å². The monoisotopic (exact) mass is 440 g/mol. The number of carbonyl (C=O) groups is 1. The topological polar surface area (TPSA) is 23.6 Å². The molecule has 1 aliphatic heterocycles. The highest BCUT2D eigenvalue weighted by Gasteiger charge is 2.23. The van der Waals surface area contributed by atoms with Gasteiger partial charge in [-0.1, -0.05) is 91.0 Å². The zero-order valence-electron chi connectivity index (χ0n) is 19.8. The molecule has 0 aromatic heterocycles. The van der Waals surface area contributed by atoms with Crippen molar-refractivity contribution in [1.29, 1.82) is 0 Å². The molecular formula is C30H36N2O. The molecule has 1 aliphatic rings. The van der Waals surface area contributed by atoms with E-state index in [1.54, 1.807) is 0 Å². The summed E-state index contributed by atoms with van der Waals surface area (Å²) in [6, 6.07) is 31.7. The first-order valence-electron chi connectivity index (χ1n) is 12.3. The van der Waals surface area contributed by atoms with Gasteiger partial charge in [0.15, 0.2) is 0 Å². The predicted molar refractivity (Wildman–Crippen MR) is 136 cm³/mol. The number of benzene rings is 3. The predicted octanol–water partition coefficient (Wildman–Crippen LogP) is 5.74. The van der Waals surface area contributed by atoms with E-state index in [2.05, 4.69) is 65.6 Å². The second-order valence-electron chi connectivity index (χ2n) is 9.36. The lowest BCUT2D eigenvalue weighted by atomic mass is 9.89. The molecule has 3 aromatic rings. The molecule has 0 N–H and O–H groups in total. The Morgan fingerprint density at radius 3 is 2.09 bits per heavy atom. The van der Waals surface area contributed by atoms with E-state index >= 15 is 0 Å². The highest BCUT2D eigenvalue weighted by atomic mass is 16.2. The average molecular weight is 441 g/mol. The third-order valence-corrected chi connectivity index (χ3v) is 7.04. The van der Waals surface area contributed by atoms with Gasteiger partial charge < -0.3 is 9.80 Å². The molecule has 0 saturated carbocycles. The van der Waals surface area contributed by atoms with Crippen LogP contribution in [0.2, 0.25) is 0 Å². The van der Waals surface area contributed by atoms with Crippen LogP contribution in [0.3, 0.4) is 0 Å². The van der Waals surface area contributed by atoms with Crippen molar-refractivity contribution in [2.75, 3.05) is 33.2 Å².